The molecular formula is C14H16ClNO6. The predicted octanol–water partition coefficient (Wildman–Crippen LogP) is 3.17. The van der Waals surface area contributed by atoms with Gasteiger partial charge in [-0.05, 0) is 25.8 Å². The number of nitro benzene ring substituents is 1. The molecule has 1 aromatic rings. The zero-order valence-electron chi connectivity index (χ0n) is 12.0. The summed E-state index contributed by atoms with van der Waals surface area (Å²) < 4.78 is 10.2. The number of halogens is 1. The quantitative estimate of drug-likeness (QED) is 0.227. The molecule has 0 fully saturated rings. The van der Waals surface area contributed by atoms with Gasteiger partial charge in [-0.1, -0.05) is 11.6 Å². The lowest BCUT2D eigenvalue weighted by atomic mass is 10.2. The van der Waals surface area contributed by atoms with Crippen LogP contribution in [0.4, 0.5) is 5.69 Å². The number of nitro groups is 1. The Morgan fingerprint density at radius 1 is 1.41 bits per heavy atom. The number of unbranched alkanes of at least 4 members (excludes halogenated alkanes) is 1. The fraction of sp³-hybridized carbons (Fsp3) is 0.429. The van der Waals surface area contributed by atoms with Crippen molar-refractivity contribution in [3.05, 3.63) is 32.8 Å². The molecule has 8 heteroatoms. The summed E-state index contributed by atoms with van der Waals surface area (Å²) in [6, 6.07) is 2.56. The second-order valence-electron chi connectivity index (χ2n) is 4.33. The van der Waals surface area contributed by atoms with Gasteiger partial charge in [-0.2, -0.15) is 0 Å². The minimum Gasteiger partial charge on any atom is -0.494 e. The summed E-state index contributed by atoms with van der Waals surface area (Å²) in [5.74, 6) is 0.0120. The molecule has 0 aliphatic heterocycles. The van der Waals surface area contributed by atoms with Crippen molar-refractivity contribution in [2.45, 2.75) is 26.2 Å². The first-order valence-electron chi connectivity index (χ1n) is 6.71. The lowest BCUT2D eigenvalue weighted by molar-refractivity contribution is -0.384. The van der Waals surface area contributed by atoms with E-state index in [0.29, 0.717) is 38.8 Å². The summed E-state index contributed by atoms with van der Waals surface area (Å²) in [4.78, 5) is 32.1. The number of hydrogen-bond acceptors (Lipinski definition) is 6. The lowest BCUT2D eigenvalue weighted by Gasteiger charge is -2.08. The van der Waals surface area contributed by atoms with E-state index in [1.807, 2.05) is 0 Å². The van der Waals surface area contributed by atoms with Crippen LogP contribution in [0.2, 0.25) is 5.02 Å². The molecule has 0 atom stereocenters. The highest BCUT2D eigenvalue weighted by atomic mass is 35.5. The molecule has 0 N–H and O–H groups in total. The zero-order valence-corrected chi connectivity index (χ0v) is 12.8. The molecule has 0 unspecified atom stereocenters. The van der Waals surface area contributed by atoms with Crippen molar-refractivity contribution in [1.82, 2.24) is 0 Å². The third-order valence-corrected chi connectivity index (χ3v) is 3.01. The largest absolute Gasteiger partial charge is 0.494 e. The molecule has 0 radical (unpaired) electrons. The Hall–Kier alpha value is -2.15. The van der Waals surface area contributed by atoms with E-state index >= 15 is 0 Å². The van der Waals surface area contributed by atoms with Crippen molar-refractivity contribution in [2.75, 3.05) is 13.2 Å². The smallest absolute Gasteiger partial charge is 0.305 e. The first kappa shape index (κ1) is 17.9. The summed E-state index contributed by atoms with van der Waals surface area (Å²) in [5.41, 5.74) is -0.578. The highest BCUT2D eigenvalue weighted by molar-refractivity contribution is 6.33. The fourth-order valence-electron chi connectivity index (χ4n) is 1.75. The van der Waals surface area contributed by atoms with E-state index in [1.165, 1.54) is 12.1 Å². The van der Waals surface area contributed by atoms with E-state index in [1.54, 1.807) is 6.92 Å². The maximum absolute atomic E-state index is 11.1. The Bertz CT molecular complexity index is 561. The Balaban J connectivity index is 2.53. The van der Waals surface area contributed by atoms with Gasteiger partial charge in [0, 0.05) is 12.5 Å². The molecule has 0 amide bonds. The van der Waals surface area contributed by atoms with Crippen LogP contribution in [0.15, 0.2) is 12.1 Å². The number of carbonyl (C=O) groups is 2. The molecule has 0 aliphatic carbocycles. The Kier molecular flexibility index (Phi) is 7.31. The van der Waals surface area contributed by atoms with Crippen molar-refractivity contribution < 1.29 is 24.0 Å². The summed E-state index contributed by atoms with van der Waals surface area (Å²) >= 11 is 5.78. The molecule has 0 aliphatic rings. The number of ether oxygens (including phenoxy) is 2. The van der Waals surface area contributed by atoms with Gasteiger partial charge < -0.3 is 9.47 Å². The Morgan fingerprint density at radius 2 is 2.14 bits per heavy atom. The van der Waals surface area contributed by atoms with Crippen molar-refractivity contribution in [3.8, 4) is 5.75 Å². The molecule has 0 bridgehead atoms. The summed E-state index contributed by atoms with van der Waals surface area (Å²) in [6.45, 7) is 2.39. The van der Waals surface area contributed by atoms with Crippen molar-refractivity contribution in [2.24, 2.45) is 0 Å². The number of hydrogen-bond donors (Lipinski definition) is 0. The van der Waals surface area contributed by atoms with Crippen molar-refractivity contribution >= 4 is 29.5 Å². The minimum absolute atomic E-state index is 0.140. The standard InChI is InChI=1S/C14H16ClNO6/c1-2-21-13(18)5-3-4-6-22-11-7-10(9-17)14(16(19)20)12(15)8-11/h7-9H,2-6H2,1H3. The number of nitrogens with zero attached hydrogens (tertiary/aromatic N) is 1. The first-order valence-corrected chi connectivity index (χ1v) is 7.09. The van der Waals surface area contributed by atoms with E-state index in [2.05, 4.69) is 0 Å². The highest BCUT2D eigenvalue weighted by Crippen LogP contribution is 2.32. The van der Waals surface area contributed by atoms with Gasteiger partial charge in [-0.3, -0.25) is 19.7 Å². The van der Waals surface area contributed by atoms with Crippen LogP contribution in [0.3, 0.4) is 0 Å². The van der Waals surface area contributed by atoms with E-state index in [0.717, 1.165) is 0 Å². The van der Waals surface area contributed by atoms with Gasteiger partial charge in [0.05, 0.1) is 23.7 Å². The maximum atomic E-state index is 11.1. The molecule has 1 aromatic carbocycles. The van der Waals surface area contributed by atoms with Gasteiger partial charge >= 0.3 is 5.97 Å². The molecule has 0 heterocycles. The molecular weight excluding hydrogens is 314 g/mol. The van der Waals surface area contributed by atoms with Crippen LogP contribution in [-0.4, -0.2) is 30.4 Å². The SMILES string of the molecule is CCOC(=O)CCCCOc1cc(Cl)c([N+](=O)[O-])c(C=O)c1. The van der Waals surface area contributed by atoms with Crippen molar-refractivity contribution in [1.29, 1.82) is 0 Å². The van der Waals surface area contributed by atoms with Gasteiger partial charge in [0.25, 0.3) is 5.69 Å². The topological polar surface area (TPSA) is 95.7 Å². The van der Waals surface area contributed by atoms with E-state index < -0.39 is 10.6 Å². The van der Waals surface area contributed by atoms with Crippen LogP contribution < -0.4 is 4.74 Å². The monoisotopic (exact) mass is 329 g/mol. The average Bonchev–Trinajstić information content (AvgIpc) is 2.45. The number of esters is 1. The van der Waals surface area contributed by atoms with Crippen LogP contribution in [0.25, 0.3) is 0 Å². The third kappa shape index (κ3) is 5.33. The predicted molar refractivity (Wildman–Crippen MR) is 79.5 cm³/mol. The van der Waals surface area contributed by atoms with Crippen LogP contribution in [0.1, 0.15) is 36.5 Å². The van der Waals surface area contributed by atoms with Gasteiger partial charge in [0.1, 0.15) is 10.8 Å². The minimum atomic E-state index is -0.713. The highest BCUT2D eigenvalue weighted by Gasteiger charge is 2.20. The fourth-order valence-corrected chi connectivity index (χ4v) is 2.04. The third-order valence-electron chi connectivity index (χ3n) is 2.73. The Labute approximate surface area is 132 Å². The number of carbonyl (C=O) groups excluding carboxylic acids is 2. The molecule has 7 nitrogen and oxygen atoms in total. The molecule has 120 valence electrons. The van der Waals surface area contributed by atoms with E-state index in [9.17, 15) is 19.7 Å². The van der Waals surface area contributed by atoms with Gasteiger partial charge in [0.15, 0.2) is 6.29 Å². The van der Waals surface area contributed by atoms with Gasteiger partial charge in [-0.25, -0.2) is 0 Å². The number of aldehydes is 1. The zero-order chi connectivity index (χ0) is 16.5. The van der Waals surface area contributed by atoms with E-state index in [4.69, 9.17) is 21.1 Å². The normalized spacial score (nSPS) is 10.1. The van der Waals surface area contributed by atoms with Crippen LogP contribution in [0, 0.1) is 10.1 Å². The van der Waals surface area contributed by atoms with Crippen LogP contribution >= 0.6 is 11.6 Å². The van der Waals surface area contributed by atoms with Crippen LogP contribution in [-0.2, 0) is 9.53 Å². The molecule has 0 aromatic heterocycles. The Morgan fingerprint density at radius 3 is 2.73 bits per heavy atom. The first-order chi connectivity index (χ1) is 10.5. The molecule has 1 rings (SSSR count). The second kappa shape index (κ2) is 8.99. The molecule has 22 heavy (non-hydrogen) atoms. The van der Waals surface area contributed by atoms with Crippen LogP contribution in [0.5, 0.6) is 5.75 Å². The summed E-state index contributed by atoms with van der Waals surface area (Å²) in [5, 5.41) is 10.7. The number of benzene rings is 1. The van der Waals surface area contributed by atoms with Crippen molar-refractivity contribution in [3.63, 3.8) is 0 Å². The summed E-state index contributed by atoms with van der Waals surface area (Å²) in [6.07, 6.45) is 1.86. The number of rotatable bonds is 9. The lowest BCUT2D eigenvalue weighted by Crippen LogP contribution is -2.05. The molecule has 0 spiro atoms. The summed E-state index contributed by atoms with van der Waals surface area (Å²) in [7, 11) is 0. The van der Waals surface area contributed by atoms with Gasteiger partial charge in [0.2, 0.25) is 0 Å². The van der Waals surface area contributed by atoms with E-state index in [-0.39, 0.29) is 22.3 Å². The maximum Gasteiger partial charge on any atom is 0.305 e. The average molecular weight is 330 g/mol. The second-order valence-corrected chi connectivity index (χ2v) is 4.74. The van der Waals surface area contributed by atoms with Gasteiger partial charge in [-0.15, -0.1) is 0 Å². The molecule has 0 saturated heterocycles. The molecule has 0 saturated carbocycles.